The fourth-order valence-corrected chi connectivity index (χ4v) is 1.52. The lowest BCUT2D eigenvalue weighted by atomic mass is 10.2. The van der Waals surface area contributed by atoms with Gasteiger partial charge < -0.3 is 10.1 Å². The van der Waals surface area contributed by atoms with Crippen LogP contribution in [0.2, 0.25) is 5.02 Å². The molecule has 0 heterocycles. The summed E-state index contributed by atoms with van der Waals surface area (Å²) in [6, 6.07) is 5.12. The molecule has 0 spiro atoms. The number of benzene rings is 1. The second kappa shape index (κ2) is 6.11. The minimum Gasteiger partial charge on any atom is -0.495 e. The summed E-state index contributed by atoms with van der Waals surface area (Å²) >= 11 is 9.22. The fraction of sp³-hybridized carbons (Fsp3) is 0.364. The van der Waals surface area contributed by atoms with E-state index in [1.165, 1.54) is 0 Å². The number of nitrogens with one attached hydrogen (secondary N) is 1. The van der Waals surface area contributed by atoms with Crippen molar-refractivity contribution < 1.29 is 9.53 Å². The van der Waals surface area contributed by atoms with Gasteiger partial charge in [0.15, 0.2) is 0 Å². The molecule has 1 aromatic rings. The summed E-state index contributed by atoms with van der Waals surface area (Å²) < 4.78 is 5.02. The van der Waals surface area contributed by atoms with E-state index >= 15 is 0 Å². The molecule has 1 aromatic carbocycles. The Morgan fingerprint density at radius 3 is 2.81 bits per heavy atom. The van der Waals surface area contributed by atoms with E-state index in [0.29, 0.717) is 16.5 Å². The lowest BCUT2D eigenvalue weighted by Crippen LogP contribution is -2.21. The van der Waals surface area contributed by atoms with Gasteiger partial charge in [-0.2, -0.15) is 0 Å². The number of rotatable bonds is 4. The molecule has 0 aromatic heterocycles. The number of ether oxygens (including phenoxy) is 1. The Hall–Kier alpha value is -0.740. The summed E-state index contributed by atoms with van der Waals surface area (Å²) in [7, 11) is 1.55. The van der Waals surface area contributed by atoms with Gasteiger partial charge in [0, 0.05) is 5.69 Å². The number of halogens is 2. The predicted molar refractivity (Wildman–Crippen MR) is 69.6 cm³/mol. The molecular formula is C11H13BrClNO2. The maximum Gasteiger partial charge on any atom is 0.238 e. The third-order valence-electron chi connectivity index (χ3n) is 2.06. The van der Waals surface area contributed by atoms with Crippen molar-refractivity contribution in [3.05, 3.63) is 23.2 Å². The zero-order valence-electron chi connectivity index (χ0n) is 9.09. The third kappa shape index (κ3) is 3.39. The van der Waals surface area contributed by atoms with E-state index in [1.807, 2.05) is 6.92 Å². The summed E-state index contributed by atoms with van der Waals surface area (Å²) in [6.07, 6.45) is 0.732. The van der Waals surface area contributed by atoms with Crippen LogP contribution in [0.3, 0.4) is 0 Å². The molecular weight excluding hydrogens is 293 g/mol. The summed E-state index contributed by atoms with van der Waals surface area (Å²) in [5, 5.41) is 3.23. The second-order valence-corrected chi connectivity index (χ2v) is 4.73. The Labute approximate surface area is 108 Å². The van der Waals surface area contributed by atoms with Gasteiger partial charge in [-0.25, -0.2) is 0 Å². The van der Waals surface area contributed by atoms with Gasteiger partial charge in [0.05, 0.1) is 17.0 Å². The Morgan fingerprint density at radius 2 is 2.31 bits per heavy atom. The van der Waals surface area contributed by atoms with Crippen molar-refractivity contribution in [3.8, 4) is 5.75 Å². The first-order chi connectivity index (χ1) is 7.58. The van der Waals surface area contributed by atoms with E-state index < -0.39 is 0 Å². The Balaban J connectivity index is 2.75. The van der Waals surface area contributed by atoms with E-state index in [9.17, 15) is 4.79 Å². The van der Waals surface area contributed by atoms with Crippen LogP contribution < -0.4 is 10.1 Å². The molecule has 0 saturated heterocycles. The molecule has 1 N–H and O–H groups in total. The maximum absolute atomic E-state index is 11.6. The average molecular weight is 307 g/mol. The van der Waals surface area contributed by atoms with Gasteiger partial charge in [-0.05, 0) is 24.6 Å². The molecule has 1 rings (SSSR count). The molecule has 88 valence electrons. The van der Waals surface area contributed by atoms with Crippen molar-refractivity contribution in [2.75, 3.05) is 12.4 Å². The average Bonchev–Trinajstić information content (AvgIpc) is 2.28. The SMILES string of the molecule is CC[C@@H](Br)C(=O)Nc1ccc(OC)c(Cl)c1. The van der Waals surface area contributed by atoms with Crippen LogP contribution in [0.4, 0.5) is 5.69 Å². The zero-order chi connectivity index (χ0) is 12.1. The van der Waals surface area contributed by atoms with Crippen LogP contribution in [0.25, 0.3) is 0 Å². The smallest absolute Gasteiger partial charge is 0.238 e. The number of alkyl halides is 1. The van der Waals surface area contributed by atoms with Crippen LogP contribution >= 0.6 is 27.5 Å². The minimum atomic E-state index is -0.187. The summed E-state index contributed by atoms with van der Waals surface area (Å²) in [5.41, 5.74) is 0.661. The van der Waals surface area contributed by atoms with Crippen molar-refractivity contribution in [3.63, 3.8) is 0 Å². The molecule has 0 aliphatic rings. The number of hydrogen-bond acceptors (Lipinski definition) is 2. The van der Waals surface area contributed by atoms with Crippen molar-refractivity contribution in [2.24, 2.45) is 0 Å². The zero-order valence-corrected chi connectivity index (χ0v) is 11.4. The molecule has 0 bridgehead atoms. The molecule has 0 fully saturated rings. The van der Waals surface area contributed by atoms with Crippen molar-refractivity contribution >= 4 is 39.1 Å². The van der Waals surface area contributed by atoms with E-state index in [4.69, 9.17) is 16.3 Å². The standard InChI is InChI=1S/C11H13BrClNO2/c1-3-8(12)11(15)14-7-4-5-10(16-2)9(13)6-7/h4-6,8H,3H2,1-2H3,(H,14,15)/t8-/m1/s1. The van der Waals surface area contributed by atoms with E-state index in [0.717, 1.165) is 6.42 Å². The minimum absolute atomic E-state index is 0.0799. The first-order valence-electron chi connectivity index (χ1n) is 4.87. The van der Waals surface area contributed by atoms with Crippen LogP contribution in [0, 0.1) is 0 Å². The number of amides is 1. The molecule has 0 aliphatic heterocycles. The highest BCUT2D eigenvalue weighted by atomic mass is 79.9. The molecule has 0 radical (unpaired) electrons. The third-order valence-corrected chi connectivity index (χ3v) is 3.42. The first kappa shape index (κ1) is 13.3. The van der Waals surface area contributed by atoms with Gasteiger partial charge in [-0.3, -0.25) is 4.79 Å². The normalized spacial score (nSPS) is 12.0. The maximum atomic E-state index is 11.6. The molecule has 0 unspecified atom stereocenters. The van der Waals surface area contributed by atoms with Gasteiger partial charge in [0.1, 0.15) is 5.75 Å². The highest BCUT2D eigenvalue weighted by Gasteiger charge is 2.12. The highest BCUT2D eigenvalue weighted by Crippen LogP contribution is 2.27. The Morgan fingerprint density at radius 1 is 1.62 bits per heavy atom. The van der Waals surface area contributed by atoms with Crippen LogP contribution in [0.5, 0.6) is 5.75 Å². The largest absolute Gasteiger partial charge is 0.495 e. The molecule has 5 heteroatoms. The highest BCUT2D eigenvalue weighted by molar-refractivity contribution is 9.10. The lowest BCUT2D eigenvalue weighted by Gasteiger charge is -2.10. The summed E-state index contributed by atoms with van der Waals surface area (Å²) in [5.74, 6) is 0.509. The lowest BCUT2D eigenvalue weighted by molar-refractivity contribution is -0.115. The van der Waals surface area contributed by atoms with Gasteiger partial charge in [-0.15, -0.1) is 0 Å². The van der Waals surface area contributed by atoms with Crippen LogP contribution in [0.1, 0.15) is 13.3 Å². The quantitative estimate of drug-likeness (QED) is 0.865. The molecule has 1 amide bonds. The van der Waals surface area contributed by atoms with Crippen LogP contribution in [0.15, 0.2) is 18.2 Å². The topological polar surface area (TPSA) is 38.3 Å². The molecule has 0 aliphatic carbocycles. The molecule has 3 nitrogen and oxygen atoms in total. The van der Waals surface area contributed by atoms with Gasteiger partial charge in [0.25, 0.3) is 0 Å². The van der Waals surface area contributed by atoms with Crippen LogP contribution in [-0.4, -0.2) is 17.8 Å². The van der Waals surface area contributed by atoms with Crippen molar-refractivity contribution in [1.29, 1.82) is 0 Å². The first-order valence-corrected chi connectivity index (χ1v) is 6.16. The van der Waals surface area contributed by atoms with Gasteiger partial charge in [0.2, 0.25) is 5.91 Å². The number of hydrogen-bond donors (Lipinski definition) is 1. The Kier molecular flexibility index (Phi) is 5.09. The van der Waals surface area contributed by atoms with Gasteiger partial charge >= 0.3 is 0 Å². The van der Waals surface area contributed by atoms with E-state index in [1.54, 1.807) is 25.3 Å². The summed E-state index contributed by atoms with van der Waals surface area (Å²) in [6.45, 7) is 1.93. The number of methoxy groups -OCH3 is 1. The number of anilines is 1. The molecule has 1 atom stereocenters. The fourth-order valence-electron chi connectivity index (χ4n) is 1.15. The molecule has 0 saturated carbocycles. The predicted octanol–water partition coefficient (Wildman–Crippen LogP) is 3.46. The monoisotopic (exact) mass is 305 g/mol. The number of carbonyl (C=O) groups excluding carboxylic acids is 1. The van der Waals surface area contributed by atoms with Crippen LogP contribution in [-0.2, 0) is 4.79 Å². The molecule has 16 heavy (non-hydrogen) atoms. The van der Waals surface area contributed by atoms with E-state index in [-0.39, 0.29) is 10.7 Å². The second-order valence-electron chi connectivity index (χ2n) is 3.21. The van der Waals surface area contributed by atoms with Crippen molar-refractivity contribution in [2.45, 2.75) is 18.2 Å². The van der Waals surface area contributed by atoms with E-state index in [2.05, 4.69) is 21.2 Å². The Bertz CT molecular complexity index is 384. The number of carbonyl (C=O) groups is 1. The summed E-state index contributed by atoms with van der Waals surface area (Å²) in [4.78, 5) is 11.4. The van der Waals surface area contributed by atoms with Gasteiger partial charge in [-0.1, -0.05) is 34.5 Å². The van der Waals surface area contributed by atoms with Crippen molar-refractivity contribution in [1.82, 2.24) is 0 Å².